The van der Waals surface area contributed by atoms with Gasteiger partial charge >= 0.3 is 0 Å². The van der Waals surface area contributed by atoms with Gasteiger partial charge in [-0.15, -0.1) is 0 Å². The highest BCUT2D eigenvalue weighted by atomic mass is 32.2. The summed E-state index contributed by atoms with van der Waals surface area (Å²) < 4.78 is 52.1. The molecular formula is C20H23FN2O5S. The van der Waals surface area contributed by atoms with Crippen LogP contribution in [-0.2, 0) is 10.0 Å². The fraction of sp³-hybridized carbons (Fsp3) is 0.350. The van der Waals surface area contributed by atoms with E-state index < -0.39 is 27.9 Å². The highest BCUT2D eigenvalue weighted by Crippen LogP contribution is 2.30. The molecule has 1 unspecified atom stereocenters. The molecule has 1 aliphatic rings. The fourth-order valence-corrected chi connectivity index (χ4v) is 4.50. The molecule has 1 heterocycles. The zero-order chi connectivity index (χ0) is 21.0. The van der Waals surface area contributed by atoms with E-state index in [2.05, 4.69) is 5.32 Å². The number of nitrogens with zero attached hydrogens (tertiary/aromatic N) is 1. The lowest BCUT2D eigenvalue weighted by Crippen LogP contribution is -2.41. The highest BCUT2D eigenvalue weighted by molar-refractivity contribution is 7.89. The molecule has 2 aromatic rings. The Kier molecular flexibility index (Phi) is 6.39. The van der Waals surface area contributed by atoms with Crippen LogP contribution in [0.25, 0.3) is 0 Å². The third-order valence-electron chi connectivity index (χ3n) is 4.58. The van der Waals surface area contributed by atoms with Gasteiger partial charge in [-0.3, -0.25) is 4.79 Å². The van der Waals surface area contributed by atoms with Crippen LogP contribution in [0.15, 0.2) is 47.4 Å². The molecular weight excluding hydrogens is 399 g/mol. The normalized spacial score (nSPS) is 15.9. The Labute approximate surface area is 169 Å². The van der Waals surface area contributed by atoms with Crippen LogP contribution >= 0.6 is 0 Å². The number of rotatable bonds is 7. The minimum atomic E-state index is -3.80. The third-order valence-corrected chi connectivity index (χ3v) is 6.63. The van der Waals surface area contributed by atoms with E-state index in [1.807, 2.05) is 6.07 Å². The van der Waals surface area contributed by atoms with Gasteiger partial charge in [-0.05, 0) is 30.3 Å². The minimum Gasteiger partial charge on any atom is -0.486 e. The van der Waals surface area contributed by atoms with Crippen molar-refractivity contribution in [2.24, 2.45) is 0 Å². The van der Waals surface area contributed by atoms with Crippen molar-refractivity contribution in [3.05, 3.63) is 53.8 Å². The van der Waals surface area contributed by atoms with Crippen LogP contribution in [0.2, 0.25) is 0 Å². The number of ether oxygens (including phenoxy) is 2. The smallest absolute Gasteiger partial charge is 0.254 e. The average Bonchev–Trinajstić information content (AvgIpc) is 2.72. The van der Waals surface area contributed by atoms with Crippen molar-refractivity contribution in [1.29, 1.82) is 0 Å². The molecule has 0 aliphatic carbocycles. The largest absolute Gasteiger partial charge is 0.486 e. The number of amides is 1. The van der Waals surface area contributed by atoms with Gasteiger partial charge in [-0.2, -0.15) is 4.31 Å². The van der Waals surface area contributed by atoms with Crippen molar-refractivity contribution in [3.8, 4) is 11.5 Å². The first-order valence-corrected chi connectivity index (χ1v) is 10.8. The maximum absolute atomic E-state index is 14.2. The molecule has 29 heavy (non-hydrogen) atoms. The highest BCUT2D eigenvalue weighted by Gasteiger charge is 2.25. The Bertz CT molecular complexity index is 992. The Hall–Kier alpha value is -2.65. The number of fused-ring (bicyclic) bond motifs is 1. The van der Waals surface area contributed by atoms with Gasteiger partial charge in [0.05, 0.1) is 17.0 Å². The molecule has 1 N–H and O–H groups in total. The molecule has 1 atom stereocenters. The summed E-state index contributed by atoms with van der Waals surface area (Å²) in [5.74, 6) is -0.333. The Morgan fingerprint density at radius 3 is 2.55 bits per heavy atom. The van der Waals surface area contributed by atoms with Crippen LogP contribution in [0.3, 0.4) is 0 Å². The van der Waals surface area contributed by atoms with E-state index in [0.29, 0.717) is 11.5 Å². The Morgan fingerprint density at radius 2 is 1.86 bits per heavy atom. The number of sulfonamides is 1. The van der Waals surface area contributed by atoms with Crippen molar-refractivity contribution >= 4 is 15.9 Å². The van der Waals surface area contributed by atoms with Crippen LogP contribution in [0.1, 0.15) is 24.2 Å². The number of carbonyl (C=O) groups excluding carboxylic acids is 1. The molecule has 0 radical (unpaired) electrons. The van der Waals surface area contributed by atoms with Gasteiger partial charge in [-0.1, -0.05) is 26.0 Å². The van der Waals surface area contributed by atoms with Crippen LogP contribution < -0.4 is 14.8 Å². The lowest BCUT2D eigenvalue weighted by Gasteiger charge is -2.26. The minimum absolute atomic E-state index is 0.0830. The molecule has 0 aromatic heterocycles. The molecule has 9 heteroatoms. The molecule has 3 rings (SSSR count). The van der Waals surface area contributed by atoms with E-state index in [0.717, 1.165) is 18.2 Å². The van der Waals surface area contributed by atoms with Crippen LogP contribution in [0, 0.1) is 5.82 Å². The van der Waals surface area contributed by atoms with Gasteiger partial charge in [0.1, 0.15) is 18.5 Å². The van der Waals surface area contributed by atoms with Gasteiger partial charge in [0.15, 0.2) is 11.5 Å². The number of hydrogen-bond donors (Lipinski definition) is 1. The SMILES string of the molecule is CCN(CC)S(=O)(=O)c1ccc(F)c(C(=O)NCC2COc3ccccc3O2)c1. The van der Waals surface area contributed by atoms with E-state index in [-0.39, 0.29) is 36.7 Å². The quantitative estimate of drug-likeness (QED) is 0.741. The van der Waals surface area contributed by atoms with Crippen molar-refractivity contribution in [1.82, 2.24) is 9.62 Å². The van der Waals surface area contributed by atoms with Crippen molar-refractivity contribution in [3.63, 3.8) is 0 Å². The van der Waals surface area contributed by atoms with Crippen LogP contribution in [-0.4, -0.2) is 51.0 Å². The van der Waals surface area contributed by atoms with Gasteiger partial charge in [0.25, 0.3) is 5.91 Å². The summed E-state index contributed by atoms with van der Waals surface area (Å²) in [6, 6.07) is 10.4. The Morgan fingerprint density at radius 1 is 1.17 bits per heavy atom. The standard InChI is InChI=1S/C20H23FN2O5S/c1-3-23(4-2)29(25,26)15-9-10-17(21)16(11-15)20(24)22-12-14-13-27-18-7-5-6-8-19(18)28-14/h5-11,14H,3-4,12-13H2,1-2H3,(H,22,24). The summed E-state index contributed by atoms with van der Waals surface area (Å²) in [4.78, 5) is 12.4. The molecule has 2 aromatic carbocycles. The maximum atomic E-state index is 14.2. The predicted molar refractivity (Wildman–Crippen MR) is 105 cm³/mol. The number of para-hydroxylation sites is 2. The lowest BCUT2D eigenvalue weighted by atomic mass is 10.2. The van der Waals surface area contributed by atoms with E-state index in [4.69, 9.17) is 9.47 Å². The predicted octanol–water partition coefficient (Wildman–Crippen LogP) is 2.43. The van der Waals surface area contributed by atoms with Gasteiger partial charge < -0.3 is 14.8 Å². The third kappa shape index (κ3) is 4.51. The summed E-state index contributed by atoms with van der Waals surface area (Å²) in [6.07, 6.45) is -0.445. The maximum Gasteiger partial charge on any atom is 0.254 e. The van der Waals surface area contributed by atoms with Crippen molar-refractivity contribution < 1.29 is 27.1 Å². The summed E-state index contributed by atoms with van der Waals surface area (Å²) in [5, 5.41) is 2.58. The molecule has 0 bridgehead atoms. The molecule has 1 aliphatic heterocycles. The zero-order valence-corrected chi connectivity index (χ0v) is 17.0. The lowest BCUT2D eigenvalue weighted by molar-refractivity contribution is 0.0787. The fourth-order valence-electron chi connectivity index (χ4n) is 3.02. The first-order chi connectivity index (χ1) is 13.9. The Balaban J connectivity index is 1.71. The molecule has 0 saturated carbocycles. The van der Waals surface area contributed by atoms with Crippen LogP contribution in [0.4, 0.5) is 4.39 Å². The topological polar surface area (TPSA) is 84.9 Å². The number of benzene rings is 2. The van der Waals surface area contributed by atoms with E-state index in [9.17, 15) is 17.6 Å². The van der Waals surface area contributed by atoms with Crippen LogP contribution in [0.5, 0.6) is 11.5 Å². The molecule has 0 saturated heterocycles. The monoisotopic (exact) mass is 422 g/mol. The van der Waals surface area contributed by atoms with E-state index >= 15 is 0 Å². The first-order valence-electron chi connectivity index (χ1n) is 9.33. The first kappa shape index (κ1) is 21.1. The number of hydrogen-bond acceptors (Lipinski definition) is 5. The van der Waals surface area contributed by atoms with E-state index in [1.165, 1.54) is 4.31 Å². The summed E-state index contributed by atoms with van der Waals surface area (Å²) in [7, 11) is -3.80. The molecule has 1 amide bonds. The number of nitrogens with one attached hydrogen (secondary N) is 1. The van der Waals surface area contributed by atoms with Gasteiger partial charge in [0, 0.05) is 13.1 Å². The molecule has 0 spiro atoms. The molecule has 7 nitrogen and oxygen atoms in total. The number of carbonyl (C=O) groups is 1. The van der Waals surface area contributed by atoms with Crippen molar-refractivity contribution in [2.45, 2.75) is 24.8 Å². The molecule has 0 fully saturated rings. The average molecular weight is 422 g/mol. The zero-order valence-electron chi connectivity index (χ0n) is 16.2. The molecule has 156 valence electrons. The summed E-state index contributed by atoms with van der Waals surface area (Å²) >= 11 is 0. The van der Waals surface area contributed by atoms with Gasteiger partial charge in [-0.25, -0.2) is 12.8 Å². The second-order valence-electron chi connectivity index (χ2n) is 6.44. The van der Waals surface area contributed by atoms with Crippen molar-refractivity contribution in [2.75, 3.05) is 26.2 Å². The second-order valence-corrected chi connectivity index (χ2v) is 8.38. The number of halogens is 1. The summed E-state index contributed by atoms with van der Waals surface area (Å²) in [6.45, 7) is 4.29. The second kappa shape index (κ2) is 8.79. The van der Waals surface area contributed by atoms with Gasteiger partial charge in [0.2, 0.25) is 10.0 Å². The van der Waals surface area contributed by atoms with E-state index in [1.54, 1.807) is 32.0 Å². The summed E-state index contributed by atoms with van der Waals surface area (Å²) in [5.41, 5.74) is -0.338.